The molecule has 3 rings (SSSR count). The molecule has 3 nitrogen and oxygen atoms in total. The molecule has 0 atom stereocenters. The number of benzene rings is 1. The first-order chi connectivity index (χ1) is 8.72. The van der Waals surface area contributed by atoms with Crippen LogP contribution in [0.3, 0.4) is 0 Å². The van der Waals surface area contributed by atoms with Gasteiger partial charge in [-0.15, -0.1) is 0 Å². The van der Waals surface area contributed by atoms with Crippen LogP contribution in [-0.4, -0.2) is 6.61 Å². The molecule has 3 heteroatoms. The maximum atomic E-state index is 11.9. The molecule has 2 aromatic rings. The monoisotopic (exact) mass is 244 g/mol. The quantitative estimate of drug-likeness (QED) is 0.762. The van der Waals surface area contributed by atoms with Crippen LogP contribution in [0.5, 0.6) is 5.75 Å². The van der Waals surface area contributed by atoms with E-state index in [-0.39, 0.29) is 5.63 Å². The first-order valence-corrected chi connectivity index (χ1v) is 6.43. The molecular formula is C15H16O3. The van der Waals surface area contributed by atoms with E-state index in [9.17, 15) is 4.79 Å². The zero-order chi connectivity index (χ0) is 12.7. The number of rotatable bonds is 2. The normalized spacial score (nSPS) is 13.9. The number of hydrogen-bond acceptors (Lipinski definition) is 3. The van der Waals surface area contributed by atoms with Crippen LogP contribution < -0.4 is 10.4 Å². The van der Waals surface area contributed by atoms with E-state index >= 15 is 0 Å². The molecule has 0 unspecified atom stereocenters. The first kappa shape index (κ1) is 11.3. The van der Waals surface area contributed by atoms with E-state index < -0.39 is 0 Å². The second kappa shape index (κ2) is 4.16. The van der Waals surface area contributed by atoms with Crippen LogP contribution in [0, 0.1) is 6.92 Å². The third kappa shape index (κ3) is 1.54. The van der Waals surface area contributed by atoms with E-state index in [1.54, 1.807) is 0 Å². The summed E-state index contributed by atoms with van der Waals surface area (Å²) in [6.07, 6.45) is 2.87. The molecule has 0 radical (unpaired) electrons. The molecule has 94 valence electrons. The third-order valence-electron chi connectivity index (χ3n) is 3.64. The van der Waals surface area contributed by atoms with Crippen molar-refractivity contribution in [2.75, 3.05) is 6.61 Å². The fourth-order valence-electron chi connectivity index (χ4n) is 2.78. The summed E-state index contributed by atoms with van der Waals surface area (Å²) in [4.78, 5) is 11.9. The number of ether oxygens (including phenoxy) is 1. The molecule has 0 amide bonds. The minimum absolute atomic E-state index is 0.174. The van der Waals surface area contributed by atoms with Crippen LogP contribution in [0.25, 0.3) is 11.0 Å². The molecule has 1 aromatic carbocycles. The van der Waals surface area contributed by atoms with Gasteiger partial charge in [0.2, 0.25) is 0 Å². The van der Waals surface area contributed by atoms with Crippen LogP contribution >= 0.6 is 0 Å². The Kier molecular flexibility index (Phi) is 2.62. The molecule has 0 aliphatic heterocycles. The number of hydrogen-bond donors (Lipinski definition) is 0. The Morgan fingerprint density at radius 3 is 2.83 bits per heavy atom. The maximum absolute atomic E-state index is 11.9. The summed E-state index contributed by atoms with van der Waals surface area (Å²) in [5.41, 5.74) is 3.47. The van der Waals surface area contributed by atoms with Crippen molar-refractivity contribution >= 4 is 11.0 Å². The molecule has 1 aliphatic rings. The van der Waals surface area contributed by atoms with Crippen LogP contribution in [-0.2, 0) is 12.8 Å². The molecule has 0 fully saturated rings. The Balaban J connectivity index is 2.34. The third-order valence-corrected chi connectivity index (χ3v) is 3.64. The van der Waals surface area contributed by atoms with Gasteiger partial charge in [0.25, 0.3) is 0 Å². The predicted molar refractivity (Wildman–Crippen MR) is 70.4 cm³/mol. The van der Waals surface area contributed by atoms with Gasteiger partial charge in [-0.1, -0.05) is 0 Å². The lowest BCUT2D eigenvalue weighted by Crippen LogP contribution is -2.07. The Labute approximate surface area is 105 Å². The van der Waals surface area contributed by atoms with Crippen molar-refractivity contribution in [3.05, 3.63) is 39.2 Å². The summed E-state index contributed by atoms with van der Waals surface area (Å²) in [5.74, 6) is 0.797. The van der Waals surface area contributed by atoms with Crippen LogP contribution in [0.4, 0.5) is 0 Å². The van der Waals surface area contributed by atoms with Gasteiger partial charge in [0.1, 0.15) is 11.3 Å². The maximum Gasteiger partial charge on any atom is 0.339 e. The van der Waals surface area contributed by atoms with Gasteiger partial charge in [-0.25, -0.2) is 4.79 Å². The van der Waals surface area contributed by atoms with Crippen molar-refractivity contribution in [1.29, 1.82) is 0 Å². The lowest BCUT2D eigenvalue weighted by molar-refractivity contribution is 0.337. The van der Waals surface area contributed by atoms with E-state index in [1.165, 1.54) is 5.56 Å². The summed E-state index contributed by atoms with van der Waals surface area (Å²) in [6.45, 7) is 4.50. The smallest absolute Gasteiger partial charge is 0.339 e. The second-order valence-electron chi connectivity index (χ2n) is 4.70. The number of aryl methyl sites for hydroxylation is 2. The summed E-state index contributed by atoms with van der Waals surface area (Å²) >= 11 is 0. The molecule has 1 aromatic heterocycles. The van der Waals surface area contributed by atoms with Crippen molar-refractivity contribution in [2.45, 2.75) is 33.1 Å². The minimum atomic E-state index is -0.174. The molecule has 0 saturated heterocycles. The lowest BCUT2D eigenvalue weighted by Gasteiger charge is -2.10. The highest BCUT2D eigenvalue weighted by atomic mass is 16.5. The molecule has 0 bridgehead atoms. The second-order valence-corrected chi connectivity index (χ2v) is 4.70. The van der Waals surface area contributed by atoms with Crippen molar-refractivity contribution in [2.24, 2.45) is 0 Å². The molecule has 1 heterocycles. The van der Waals surface area contributed by atoms with E-state index in [0.717, 1.165) is 41.5 Å². The topological polar surface area (TPSA) is 39.4 Å². The van der Waals surface area contributed by atoms with Crippen LogP contribution in [0.2, 0.25) is 0 Å². The van der Waals surface area contributed by atoms with Gasteiger partial charge in [-0.3, -0.25) is 0 Å². The van der Waals surface area contributed by atoms with Crippen LogP contribution in [0.15, 0.2) is 21.3 Å². The Morgan fingerprint density at radius 2 is 2.06 bits per heavy atom. The van der Waals surface area contributed by atoms with Gasteiger partial charge in [0, 0.05) is 16.5 Å². The van der Waals surface area contributed by atoms with Gasteiger partial charge in [0.15, 0.2) is 0 Å². The minimum Gasteiger partial charge on any atom is -0.493 e. The van der Waals surface area contributed by atoms with Crippen molar-refractivity contribution < 1.29 is 9.15 Å². The molecule has 0 saturated carbocycles. The van der Waals surface area contributed by atoms with Gasteiger partial charge in [-0.05, 0) is 50.8 Å². The van der Waals surface area contributed by atoms with Crippen molar-refractivity contribution in [3.8, 4) is 5.75 Å². The van der Waals surface area contributed by atoms with E-state index in [1.807, 2.05) is 26.0 Å². The van der Waals surface area contributed by atoms with Gasteiger partial charge in [0.05, 0.1) is 6.61 Å². The first-order valence-electron chi connectivity index (χ1n) is 6.43. The van der Waals surface area contributed by atoms with E-state index in [2.05, 4.69) is 0 Å². The predicted octanol–water partition coefficient (Wildman–Crippen LogP) is 2.99. The average Bonchev–Trinajstić information content (AvgIpc) is 2.84. The molecular weight excluding hydrogens is 228 g/mol. The SMILES string of the molecule is CCOc1ccc2c3c(c(=O)oc2c1C)CCC3. The fraction of sp³-hybridized carbons (Fsp3) is 0.400. The van der Waals surface area contributed by atoms with E-state index in [0.29, 0.717) is 12.2 Å². The summed E-state index contributed by atoms with van der Waals surface area (Å²) < 4.78 is 11.0. The largest absolute Gasteiger partial charge is 0.493 e. The highest BCUT2D eigenvalue weighted by molar-refractivity contribution is 5.86. The van der Waals surface area contributed by atoms with Gasteiger partial charge >= 0.3 is 5.63 Å². The Morgan fingerprint density at radius 1 is 1.28 bits per heavy atom. The number of fused-ring (bicyclic) bond motifs is 3. The lowest BCUT2D eigenvalue weighted by atomic mass is 10.0. The Hall–Kier alpha value is -1.77. The zero-order valence-electron chi connectivity index (χ0n) is 10.7. The Bertz CT molecular complexity index is 667. The highest BCUT2D eigenvalue weighted by Crippen LogP contribution is 2.32. The molecule has 1 aliphatic carbocycles. The highest BCUT2D eigenvalue weighted by Gasteiger charge is 2.21. The zero-order valence-corrected chi connectivity index (χ0v) is 10.7. The summed E-state index contributed by atoms with van der Waals surface area (Å²) in [7, 11) is 0. The standard InChI is InChI=1S/C15H16O3/c1-3-17-13-8-7-11-10-5-4-6-12(10)15(16)18-14(11)9(13)2/h7-8H,3-6H2,1-2H3. The fourth-order valence-corrected chi connectivity index (χ4v) is 2.78. The average molecular weight is 244 g/mol. The van der Waals surface area contributed by atoms with Crippen LogP contribution in [0.1, 0.15) is 30.0 Å². The van der Waals surface area contributed by atoms with Gasteiger partial charge in [-0.2, -0.15) is 0 Å². The summed E-state index contributed by atoms with van der Waals surface area (Å²) in [5, 5.41) is 1.07. The van der Waals surface area contributed by atoms with E-state index in [4.69, 9.17) is 9.15 Å². The molecule has 18 heavy (non-hydrogen) atoms. The molecule has 0 spiro atoms. The summed E-state index contributed by atoms with van der Waals surface area (Å²) in [6, 6.07) is 3.99. The molecule has 0 N–H and O–H groups in total. The van der Waals surface area contributed by atoms with Crippen molar-refractivity contribution in [1.82, 2.24) is 0 Å². The van der Waals surface area contributed by atoms with Gasteiger partial charge < -0.3 is 9.15 Å². The van der Waals surface area contributed by atoms with Crippen molar-refractivity contribution in [3.63, 3.8) is 0 Å².